The van der Waals surface area contributed by atoms with Crippen LogP contribution in [0, 0.1) is 5.92 Å². The Morgan fingerprint density at radius 3 is 2.71 bits per heavy atom. The predicted octanol–water partition coefficient (Wildman–Crippen LogP) is 3.83. The molecule has 6 heteroatoms. The van der Waals surface area contributed by atoms with Crippen LogP contribution in [0.1, 0.15) is 31.7 Å². The minimum absolute atomic E-state index is 0.135. The average Bonchev–Trinajstić information content (AvgIpc) is 2.42. The lowest BCUT2D eigenvalue weighted by molar-refractivity contribution is -0.0505. The molecule has 1 aromatic carbocycles. The molecule has 0 aromatic heterocycles. The van der Waals surface area contributed by atoms with E-state index in [9.17, 15) is 8.78 Å². The molecule has 2 N–H and O–H groups in total. The number of halogens is 3. The van der Waals surface area contributed by atoms with Crippen LogP contribution in [0.5, 0.6) is 5.75 Å². The molecule has 0 aliphatic carbocycles. The molecule has 0 spiro atoms. The first-order valence-electron chi connectivity index (χ1n) is 7.11. The van der Waals surface area contributed by atoms with Gasteiger partial charge in [-0.2, -0.15) is 8.78 Å². The summed E-state index contributed by atoms with van der Waals surface area (Å²) in [5.74, 6) is 0.509. The molecule has 0 radical (unpaired) electrons. The quantitative estimate of drug-likeness (QED) is 0.688. The molecule has 1 atom stereocenters. The highest BCUT2D eigenvalue weighted by molar-refractivity contribution is 6.30. The van der Waals surface area contributed by atoms with E-state index in [4.69, 9.17) is 16.7 Å². The summed E-state index contributed by atoms with van der Waals surface area (Å²) in [7, 11) is 0. The Bertz CT molecular complexity index is 413. The van der Waals surface area contributed by atoms with E-state index in [1.165, 1.54) is 12.1 Å². The number of alkyl halides is 2. The van der Waals surface area contributed by atoms with Crippen LogP contribution in [0.15, 0.2) is 18.2 Å². The first-order valence-corrected chi connectivity index (χ1v) is 7.49. The molecule has 120 valence electrons. The van der Waals surface area contributed by atoms with Crippen LogP contribution in [0.25, 0.3) is 0 Å². The van der Waals surface area contributed by atoms with Crippen molar-refractivity contribution in [1.82, 2.24) is 5.32 Å². The first-order chi connectivity index (χ1) is 10.1. The van der Waals surface area contributed by atoms with E-state index in [0.717, 1.165) is 25.8 Å². The average molecular weight is 322 g/mol. The number of ether oxygens (including phenoxy) is 1. The molecule has 0 bridgehead atoms. The van der Waals surface area contributed by atoms with Crippen LogP contribution in [-0.2, 0) is 6.54 Å². The molecule has 1 rings (SSSR count). The smallest absolute Gasteiger partial charge is 0.387 e. The normalized spacial score (nSPS) is 12.7. The Morgan fingerprint density at radius 1 is 1.33 bits per heavy atom. The Hall–Kier alpha value is -0.910. The highest BCUT2D eigenvalue weighted by Crippen LogP contribution is 2.24. The monoisotopic (exact) mass is 321 g/mol. The predicted molar refractivity (Wildman–Crippen MR) is 79.9 cm³/mol. The second-order valence-electron chi connectivity index (χ2n) is 4.93. The second kappa shape index (κ2) is 9.92. The molecular weight excluding hydrogens is 300 g/mol. The molecular formula is C15H22ClF2NO2. The molecule has 0 heterocycles. The molecule has 3 nitrogen and oxygen atoms in total. The van der Waals surface area contributed by atoms with Gasteiger partial charge in [0.15, 0.2) is 0 Å². The number of aliphatic hydroxyl groups excluding tert-OH is 1. The van der Waals surface area contributed by atoms with Crippen LogP contribution in [0.2, 0.25) is 5.02 Å². The highest BCUT2D eigenvalue weighted by atomic mass is 35.5. The van der Waals surface area contributed by atoms with Crippen molar-refractivity contribution in [2.75, 3.05) is 13.2 Å². The molecule has 0 fully saturated rings. The van der Waals surface area contributed by atoms with Gasteiger partial charge in [-0.1, -0.05) is 24.9 Å². The minimum atomic E-state index is -2.85. The zero-order valence-corrected chi connectivity index (χ0v) is 12.9. The molecule has 21 heavy (non-hydrogen) atoms. The van der Waals surface area contributed by atoms with Crippen molar-refractivity contribution < 1.29 is 18.6 Å². The SMILES string of the molecule is CCCC(CCO)CNCc1cc(Cl)ccc1OC(F)F. The summed E-state index contributed by atoms with van der Waals surface area (Å²) < 4.78 is 29.2. The van der Waals surface area contributed by atoms with Gasteiger partial charge >= 0.3 is 6.61 Å². The number of hydrogen-bond donors (Lipinski definition) is 2. The van der Waals surface area contributed by atoms with Crippen LogP contribution in [0.4, 0.5) is 8.78 Å². The van der Waals surface area contributed by atoms with Gasteiger partial charge in [0, 0.05) is 23.7 Å². The van der Waals surface area contributed by atoms with Gasteiger partial charge in [0.25, 0.3) is 0 Å². The number of hydrogen-bond acceptors (Lipinski definition) is 3. The fourth-order valence-electron chi connectivity index (χ4n) is 2.25. The van der Waals surface area contributed by atoms with Gasteiger partial charge in [-0.3, -0.25) is 0 Å². The van der Waals surface area contributed by atoms with Crippen LogP contribution < -0.4 is 10.1 Å². The summed E-state index contributed by atoms with van der Waals surface area (Å²) in [6, 6.07) is 4.59. The Balaban J connectivity index is 2.58. The van der Waals surface area contributed by atoms with Gasteiger partial charge < -0.3 is 15.2 Å². The summed E-state index contributed by atoms with van der Waals surface area (Å²) in [5.41, 5.74) is 0.599. The zero-order valence-electron chi connectivity index (χ0n) is 12.1. The summed E-state index contributed by atoms with van der Waals surface area (Å²) in [4.78, 5) is 0. The summed E-state index contributed by atoms with van der Waals surface area (Å²) in [6.07, 6.45) is 2.80. The van der Waals surface area contributed by atoms with Gasteiger partial charge in [-0.15, -0.1) is 0 Å². The van der Waals surface area contributed by atoms with Crippen molar-refractivity contribution in [1.29, 1.82) is 0 Å². The van der Waals surface area contributed by atoms with Crippen LogP contribution in [-0.4, -0.2) is 24.9 Å². The summed E-state index contributed by atoms with van der Waals surface area (Å²) in [6.45, 7) is 0.509. The molecule has 0 amide bonds. The highest BCUT2D eigenvalue weighted by Gasteiger charge is 2.11. The van der Waals surface area contributed by atoms with E-state index >= 15 is 0 Å². The van der Waals surface area contributed by atoms with E-state index in [0.29, 0.717) is 23.0 Å². The maximum absolute atomic E-state index is 12.3. The minimum Gasteiger partial charge on any atom is -0.434 e. The van der Waals surface area contributed by atoms with Gasteiger partial charge in [0.2, 0.25) is 0 Å². The number of aliphatic hydroxyl groups is 1. The Labute approximate surface area is 129 Å². The van der Waals surface area contributed by atoms with Crippen molar-refractivity contribution in [2.24, 2.45) is 5.92 Å². The fourth-order valence-corrected chi connectivity index (χ4v) is 2.44. The fraction of sp³-hybridized carbons (Fsp3) is 0.600. The molecule has 0 aliphatic rings. The number of nitrogens with one attached hydrogen (secondary N) is 1. The van der Waals surface area contributed by atoms with E-state index in [1.807, 2.05) is 0 Å². The van der Waals surface area contributed by atoms with Crippen molar-refractivity contribution in [3.63, 3.8) is 0 Å². The van der Waals surface area contributed by atoms with Gasteiger partial charge in [0.05, 0.1) is 0 Å². The second-order valence-corrected chi connectivity index (χ2v) is 5.36. The van der Waals surface area contributed by atoms with Gasteiger partial charge in [0.1, 0.15) is 5.75 Å². The lowest BCUT2D eigenvalue weighted by Gasteiger charge is -2.17. The van der Waals surface area contributed by atoms with E-state index < -0.39 is 6.61 Å². The Kier molecular flexibility index (Phi) is 8.57. The standard InChI is InChI=1S/C15H22ClF2NO2/c1-2-3-11(6-7-20)9-19-10-12-8-13(16)4-5-14(12)21-15(17)18/h4-5,8,11,15,19-20H,2-3,6-7,9-10H2,1H3. The Morgan fingerprint density at radius 2 is 2.10 bits per heavy atom. The molecule has 0 saturated carbocycles. The van der Waals surface area contributed by atoms with Crippen molar-refractivity contribution >= 4 is 11.6 Å². The van der Waals surface area contributed by atoms with E-state index in [-0.39, 0.29) is 12.4 Å². The van der Waals surface area contributed by atoms with E-state index in [2.05, 4.69) is 17.0 Å². The molecule has 0 saturated heterocycles. The maximum Gasteiger partial charge on any atom is 0.387 e. The largest absolute Gasteiger partial charge is 0.434 e. The first kappa shape index (κ1) is 18.1. The third-order valence-electron chi connectivity index (χ3n) is 3.22. The third-order valence-corrected chi connectivity index (χ3v) is 3.46. The topological polar surface area (TPSA) is 41.5 Å². The lowest BCUT2D eigenvalue weighted by Crippen LogP contribution is -2.23. The van der Waals surface area contributed by atoms with Crippen molar-refractivity contribution in [2.45, 2.75) is 39.3 Å². The van der Waals surface area contributed by atoms with E-state index in [1.54, 1.807) is 6.07 Å². The number of rotatable bonds is 10. The van der Waals surface area contributed by atoms with Crippen LogP contribution >= 0.6 is 11.6 Å². The summed E-state index contributed by atoms with van der Waals surface area (Å²) in [5, 5.41) is 12.7. The maximum atomic E-state index is 12.3. The lowest BCUT2D eigenvalue weighted by atomic mass is 10.00. The molecule has 1 unspecified atom stereocenters. The van der Waals surface area contributed by atoms with Crippen molar-refractivity contribution in [3.05, 3.63) is 28.8 Å². The molecule has 1 aromatic rings. The third kappa shape index (κ3) is 7.07. The number of benzene rings is 1. The molecule has 0 aliphatic heterocycles. The zero-order chi connectivity index (χ0) is 15.7. The summed E-state index contributed by atoms with van der Waals surface area (Å²) >= 11 is 5.89. The van der Waals surface area contributed by atoms with Crippen molar-refractivity contribution in [3.8, 4) is 5.75 Å². The van der Waals surface area contributed by atoms with Gasteiger partial charge in [-0.25, -0.2) is 0 Å². The van der Waals surface area contributed by atoms with Gasteiger partial charge in [-0.05, 0) is 43.5 Å². The van der Waals surface area contributed by atoms with Crippen LogP contribution in [0.3, 0.4) is 0 Å².